The zero-order valence-corrected chi connectivity index (χ0v) is 15.4. The van der Waals surface area contributed by atoms with Crippen LogP contribution in [0.5, 0.6) is 0 Å². The molecule has 3 aromatic rings. The maximum absolute atomic E-state index is 12.3. The number of allylic oxidation sites excluding steroid dienone is 1. The first-order valence-corrected chi connectivity index (χ1v) is 8.24. The summed E-state index contributed by atoms with van der Waals surface area (Å²) in [5.74, 6) is 6.05. The number of nitrogens with zero attached hydrogens (tertiary/aromatic N) is 4. The van der Waals surface area contributed by atoms with Crippen molar-refractivity contribution in [2.24, 2.45) is 12.9 Å². The van der Waals surface area contributed by atoms with Crippen LogP contribution in [0.3, 0.4) is 0 Å². The summed E-state index contributed by atoms with van der Waals surface area (Å²) >= 11 is 6.10. The van der Waals surface area contributed by atoms with Crippen LogP contribution in [0.1, 0.15) is 23.6 Å². The highest BCUT2D eigenvalue weighted by Crippen LogP contribution is 2.32. The SMILES string of the molecule is C/C(=C(\ON)c1c(C)cccc1-n1nnn(C)c1=O)c1cccc(Cl)c1. The fourth-order valence-electron chi connectivity index (χ4n) is 2.78. The van der Waals surface area contributed by atoms with E-state index in [1.165, 1.54) is 11.7 Å². The molecular formula is C18H18ClN5O2. The molecule has 3 rings (SSSR count). The Bertz CT molecular complexity index is 1050. The Morgan fingerprint density at radius 3 is 2.54 bits per heavy atom. The van der Waals surface area contributed by atoms with Gasteiger partial charge in [0.1, 0.15) is 0 Å². The van der Waals surface area contributed by atoms with Gasteiger partial charge in [0.05, 0.1) is 5.69 Å². The first kappa shape index (κ1) is 17.9. The van der Waals surface area contributed by atoms with E-state index in [-0.39, 0.29) is 5.69 Å². The van der Waals surface area contributed by atoms with E-state index in [2.05, 4.69) is 10.4 Å². The molecule has 2 N–H and O–H groups in total. The van der Waals surface area contributed by atoms with E-state index in [0.29, 0.717) is 22.0 Å². The van der Waals surface area contributed by atoms with Crippen molar-refractivity contribution in [1.82, 2.24) is 19.8 Å². The quantitative estimate of drug-likeness (QED) is 0.433. The molecule has 2 aromatic carbocycles. The van der Waals surface area contributed by atoms with Gasteiger partial charge in [-0.15, -0.1) is 0 Å². The van der Waals surface area contributed by atoms with Gasteiger partial charge in [0.15, 0.2) is 5.76 Å². The molecule has 1 aromatic heterocycles. The van der Waals surface area contributed by atoms with Gasteiger partial charge in [-0.25, -0.2) is 4.79 Å². The van der Waals surface area contributed by atoms with Gasteiger partial charge in [0.25, 0.3) is 0 Å². The Morgan fingerprint density at radius 2 is 1.92 bits per heavy atom. The molecule has 0 aliphatic heterocycles. The lowest BCUT2D eigenvalue weighted by Crippen LogP contribution is -2.23. The molecule has 7 nitrogen and oxygen atoms in total. The largest absolute Gasteiger partial charge is 0.410 e. The van der Waals surface area contributed by atoms with Gasteiger partial charge in [-0.3, -0.25) is 0 Å². The average molecular weight is 372 g/mol. The first-order chi connectivity index (χ1) is 12.4. The van der Waals surface area contributed by atoms with Crippen LogP contribution in [0.25, 0.3) is 17.0 Å². The van der Waals surface area contributed by atoms with Crippen LogP contribution in [-0.4, -0.2) is 19.8 Å². The number of halogens is 1. The number of hydrogen-bond donors (Lipinski definition) is 1. The average Bonchev–Trinajstić information content (AvgIpc) is 2.96. The van der Waals surface area contributed by atoms with Gasteiger partial charge in [-0.05, 0) is 53.6 Å². The lowest BCUT2D eigenvalue weighted by molar-refractivity contribution is 0.291. The molecule has 1 heterocycles. The molecule has 0 spiro atoms. The van der Waals surface area contributed by atoms with Gasteiger partial charge in [-0.2, -0.15) is 15.3 Å². The fraction of sp³-hybridized carbons (Fsp3) is 0.167. The van der Waals surface area contributed by atoms with E-state index in [4.69, 9.17) is 22.3 Å². The molecule has 0 radical (unpaired) electrons. The number of hydrogen-bond acceptors (Lipinski definition) is 5. The Hall–Kier alpha value is -2.90. The number of tetrazole rings is 1. The van der Waals surface area contributed by atoms with Gasteiger partial charge >= 0.3 is 5.69 Å². The van der Waals surface area contributed by atoms with E-state index in [0.717, 1.165) is 21.4 Å². The standard InChI is InChI=1S/C18H18ClN5O2/c1-11-6-4-9-15(24-18(25)23(3)21-22-24)16(11)17(26-20)12(2)13-7-5-8-14(19)10-13/h4-10H,20H2,1-3H3/b17-12+. The molecule has 0 aliphatic rings. The monoisotopic (exact) mass is 371 g/mol. The summed E-state index contributed by atoms with van der Waals surface area (Å²) in [4.78, 5) is 17.6. The molecular weight excluding hydrogens is 354 g/mol. The van der Waals surface area contributed by atoms with Crippen LogP contribution in [0.15, 0.2) is 47.3 Å². The molecule has 0 saturated carbocycles. The van der Waals surface area contributed by atoms with Crippen molar-refractivity contribution in [3.63, 3.8) is 0 Å². The molecule has 0 atom stereocenters. The minimum absolute atomic E-state index is 0.367. The van der Waals surface area contributed by atoms with Crippen molar-refractivity contribution < 1.29 is 4.84 Å². The Kier molecular flexibility index (Phi) is 4.92. The van der Waals surface area contributed by atoms with Crippen molar-refractivity contribution in [3.8, 4) is 5.69 Å². The molecule has 0 amide bonds. The van der Waals surface area contributed by atoms with Crippen LogP contribution in [-0.2, 0) is 11.9 Å². The Labute approximate surface area is 155 Å². The summed E-state index contributed by atoms with van der Waals surface area (Å²) in [6.45, 7) is 3.79. The Morgan fingerprint density at radius 1 is 1.19 bits per heavy atom. The van der Waals surface area contributed by atoms with Gasteiger partial charge in [-0.1, -0.05) is 35.9 Å². The maximum atomic E-state index is 12.3. The molecule has 0 saturated heterocycles. The van der Waals surface area contributed by atoms with Crippen LogP contribution >= 0.6 is 11.6 Å². The number of nitrogens with two attached hydrogens (primary N) is 1. The van der Waals surface area contributed by atoms with Crippen molar-refractivity contribution in [2.75, 3.05) is 0 Å². The van der Waals surface area contributed by atoms with E-state index < -0.39 is 0 Å². The smallest absolute Gasteiger partial charge is 0.368 e. The van der Waals surface area contributed by atoms with Gasteiger partial charge < -0.3 is 4.84 Å². The lowest BCUT2D eigenvalue weighted by Gasteiger charge is -2.16. The van der Waals surface area contributed by atoms with Gasteiger partial charge in [0.2, 0.25) is 0 Å². The van der Waals surface area contributed by atoms with Crippen molar-refractivity contribution in [1.29, 1.82) is 0 Å². The third-order valence-corrected chi connectivity index (χ3v) is 4.38. The predicted molar refractivity (Wildman–Crippen MR) is 101 cm³/mol. The normalized spacial score (nSPS) is 12.0. The fourth-order valence-corrected chi connectivity index (χ4v) is 2.97. The minimum atomic E-state index is -0.367. The highest BCUT2D eigenvalue weighted by molar-refractivity contribution is 6.30. The molecule has 0 aliphatic carbocycles. The van der Waals surface area contributed by atoms with Gasteiger partial charge in [0, 0.05) is 23.2 Å². The summed E-state index contributed by atoms with van der Waals surface area (Å²) in [5.41, 5.74) is 3.34. The van der Waals surface area contributed by atoms with Crippen LogP contribution in [0.4, 0.5) is 0 Å². The zero-order chi connectivity index (χ0) is 18.8. The minimum Gasteiger partial charge on any atom is -0.410 e. The second-order valence-corrected chi connectivity index (χ2v) is 6.28. The van der Waals surface area contributed by atoms with Crippen molar-refractivity contribution in [2.45, 2.75) is 13.8 Å². The van der Waals surface area contributed by atoms with Crippen molar-refractivity contribution in [3.05, 3.63) is 74.7 Å². The second-order valence-electron chi connectivity index (χ2n) is 5.85. The highest BCUT2D eigenvalue weighted by atomic mass is 35.5. The van der Waals surface area contributed by atoms with E-state index in [9.17, 15) is 4.79 Å². The topological polar surface area (TPSA) is 88.0 Å². The van der Waals surface area contributed by atoms with Crippen molar-refractivity contribution >= 4 is 22.9 Å². The van der Waals surface area contributed by atoms with E-state index in [1.807, 2.05) is 44.2 Å². The molecule has 0 fully saturated rings. The highest BCUT2D eigenvalue weighted by Gasteiger charge is 2.20. The maximum Gasteiger partial charge on any atom is 0.368 e. The molecule has 0 unspecified atom stereocenters. The molecule has 134 valence electrons. The second kappa shape index (κ2) is 7.15. The molecule has 0 bridgehead atoms. The van der Waals surface area contributed by atoms with Crippen LogP contribution in [0.2, 0.25) is 5.02 Å². The van der Waals surface area contributed by atoms with Crippen LogP contribution in [0, 0.1) is 6.92 Å². The van der Waals surface area contributed by atoms with E-state index in [1.54, 1.807) is 12.1 Å². The number of benzene rings is 2. The third-order valence-electron chi connectivity index (χ3n) is 4.14. The van der Waals surface area contributed by atoms with Crippen LogP contribution < -0.4 is 11.6 Å². The number of aromatic nitrogens is 4. The number of rotatable bonds is 4. The predicted octanol–water partition coefficient (Wildman–Crippen LogP) is 2.71. The third kappa shape index (κ3) is 3.14. The summed E-state index contributed by atoms with van der Waals surface area (Å²) in [6, 6.07) is 12.9. The first-order valence-electron chi connectivity index (χ1n) is 7.87. The van der Waals surface area contributed by atoms with E-state index >= 15 is 0 Å². The summed E-state index contributed by atoms with van der Waals surface area (Å²) in [6.07, 6.45) is 0. The Balaban J connectivity index is 2.29. The number of aryl methyl sites for hydroxylation is 2. The molecule has 26 heavy (non-hydrogen) atoms. The molecule has 8 heteroatoms. The zero-order valence-electron chi connectivity index (χ0n) is 14.6. The summed E-state index contributed by atoms with van der Waals surface area (Å²) in [7, 11) is 1.54. The summed E-state index contributed by atoms with van der Waals surface area (Å²) < 4.78 is 2.37. The lowest BCUT2D eigenvalue weighted by atomic mass is 9.98. The summed E-state index contributed by atoms with van der Waals surface area (Å²) in [5, 5.41) is 8.31.